The first-order valence-corrected chi connectivity index (χ1v) is 14.2. The number of pyridine rings is 1. The Kier molecular flexibility index (Phi) is 8.40. The van der Waals surface area contributed by atoms with Gasteiger partial charge in [-0.15, -0.1) is 0 Å². The van der Waals surface area contributed by atoms with Gasteiger partial charge in [0.25, 0.3) is 17.4 Å². The van der Waals surface area contributed by atoms with Crippen LogP contribution < -0.4 is 16.2 Å². The molecule has 1 aliphatic heterocycles. The Morgan fingerprint density at radius 2 is 1.65 bits per heavy atom. The van der Waals surface area contributed by atoms with Crippen molar-refractivity contribution in [3.05, 3.63) is 99.7 Å². The van der Waals surface area contributed by atoms with Crippen LogP contribution in [-0.2, 0) is 17.2 Å². The van der Waals surface area contributed by atoms with E-state index in [4.69, 9.17) is 4.74 Å². The van der Waals surface area contributed by atoms with Crippen molar-refractivity contribution in [3.8, 4) is 11.3 Å². The highest BCUT2D eigenvalue weighted by Crippen LogP contribution is 2.28. The smallest absolute Gasteiger partial charge is 0.293 e. The van der Waals surface area contributed by atoms with Crippen molar-refractivity contribution < 1.29 is 14.3 Å². The number of nitrogens with one attached hydrogen (secondary N) is 2. The van der Waals surface area contributed by atoms with Gasteiger partial charge in [0.15, 0.2) is 5.82 Å². The van der Waals surface area contributed by atoms with Crippen LogP contribution in [0.4, 0.5) is 17.2 Å². The van der Waals surface area contributed by atoms with Gasteiger partial charge in [0.1, 0.15) is 0 Å². The highest BCUT2D eigenvalue weighted by molar-refractivity contribution is 6.05. The monoisotopic (exact) mass is 580 g/mol. The molecule has 0 spiro atoms. The van der Waals surface area contributed by atoms with Crippen LogP contribution in [0.1, 0.15) is 52.7 Å². The zero-order chi connectivity index (χ0) is 30.7. The van der Waals surface area contributed by atoms with E-state index in [0.717, 1.165) is 16.8 Å². The second-order valence-electron chi connectivity index (χ2n) is 11.6. The van der Waals surface area contributed by atoms with Crippen LogP contribution in [-0.4, -0.2) is 57.6 Å². The van der Waals surface area contributed by atoms with Crippen LogP contribution in [0.2, 0.25) is 0 Å². The maximum Gasteiger partial charge on any atom is 0.293 e. The quantitative estimate of drug-likeness (QED) is 0.333. The minimum absolute atomic E-state index is 0.0495. The maximum atomic E-state index is 13.0. The Bertz CT molecular complexity index is 1700. The summed E-state index contributed by atoms with van der Waals surface area (Å²) in [6.07, 6.45) is 3.26. The third-order valence-electron chi connectivity index (χ3n) is 7.42. The molecular weight excluding hydrogens is 544 g/mol. The van der Waals surface area contributed by atoms with Gasteiger partial charge in [-0.05, 0) is 55.0 Å². The lowest BCUT2D eigenvalue weighted by Gasteiger charge is -2.26. The Labute approximate surface area is 250 Å². The lowest BCUT2D eigenvalue weighted by molar-refractivity contribution is 0.0303. The van der Waals surface area contributed by atoms with Gasteiger partial charge in [-0.25, -0.2) is 4.98 Å². The first-order valence-electron chi connectivity index (χ1n) is 14.2. The first kappa shape index (κ1) is 29.7. The van der Waals surface area contributed by atoms with Gasteiger partial charge in [-0.2, -0.15) is 0 Å². The van der Waals surface area contributed by atoms with E-state index in [-0.39, 0.29) is 28.6 Å². The fourth-order valence-electron chi connectivity index (χ4n) is 4.81. The molecule has 1 fully saturated rings. The molecule has 1 aliphatic rings. The van der Waals surface area contributed by atoms with Crippen molar-refractivity contribution >= 4 is 29.0 Å². The average Bonchev–Trinajstić information content (AvgIpc) is 3.00. The van der Waals surface area contributed by atoms with Crippen LogP contribution in [0, 0.1) is 6.92 Å². The number of hydrogen-bond acceptors (Lipinski definition) is 7. The third kappa shape index (κ3) is 6.65. The predicted octanol–water partition coefficient (Wildman–Crippen LogP) is 4.92. The van der Waals surface area contributed by atoms with Crippen molar-refractivity contribution in [2.45, 2.75) is 33.1 Å². The third-order valence-corrected chi connectivity index (χ3v) is 7.42. The van der Waals surface area contributed by atoms with Crippen molar-refractivity contribution in [1.82, 2.24) is 19.4 Å². The molecule has 2 aromatic heterocycles. The van der Waals surface area contributed by atoms with E-state index in [1.165, 1.54) is 4.57 Å². The zero-order valence-electron chi connectivity index (χ0n) is 25.1. The molecule has 43 heavy (non-hydrogen) atoms. The van der Waals surface area contributed by atoms with Gasteiger partial charge in [-0.1, -0.05) is 32.9 Å². The fourth-order valence-corrected chi connectivity index (χ4v) is 4.81. The normalized spacial score (nSPS) is 13.5. The average molecular weight is 581 g/mol. The molecule has 1 saturated heterocycles. The van der Waals surface area contributed by atoms with Gasteiger partial charge in [0.05, 0.1) is 24.5 Å². The SMILES string of the molecule is Cc1c(NC(=O)c2ccc(C(C)(C)C)nc2)cccc1-c1cn(C)c(=O)c(Nc2ccc(C(=O)N3CCOCC3)cc2)n1. The summed E-state index contributed by atoms with van der Waals surface area (Å²) < 4.78 is 6.80. The summed E-state index contributed by atoms with van der Waals surface area (Å²) in [6.45, 7) is 10.3. The van der Waals surface area contributed by atoms with E-state index in [1.54, 1.807) is 54.7 Å². The topological polar surface area (TPSA) is 118 Å². The highest BCUT2D eigenvalue weighted by atomic mass is 16.5. The molecule has 5 rings (SSSR count). The van der Waals surface area contributed by atoms with Crippen LogP contribution in [0.3, 0.4) is 0 Å². The van der Waals surface area contributed by atoms with Gasteiger partial charge < -0.3 is 24.8 Å². The van der Waals surface area contributed by atoms with E-state index in [0.29, 0.717) is 54.5 Å². The number of hydrogen-bond donors (Lipinski definition) is 2. The number of rotatable bonds is 6. The molecular formula is C33H36N6O4. The van der Waals surface area contributed by atoms with Crippen LogP contribution in [0.15, 0.2) is 71.8 Å². The Hall–Kier alpha value is -4.83. The van der Waals surface area contributed by atoms with Crippen molar-refractivity contribution in [2.75, 3.05) is 36.9 Å². The molecule has 2 amide bonds. The van der Waals surface area contributed by atoms with E-state index < -0.39 is 0 Å². The zero-order valence-corrected chi connectivity index (χ0v) is 25.1. The largest absolute Gasteiger partial charge is 0.378 e. The van der Waals surface area contributed by atoms with Crippen molar-refractivity contribution in [3.63, 3.8) is 0 Å². The summed E-state index contributed by atoms with van der Waals surface area (Å²) in [7, 11) is 1.66. The molecule has 0 saturated carbocycles. The summed E-state index contributed by atoms with van der Waals surface area (Å²) in [5.41, 5.74) is 4.92. The Morgan fingerprint density at radius 1 is 0.953 bits per heavy atom. The minimum atomic E-state index is -0.300. The number of aryl methyl sites for hydroxylation is 1. The van der Waals surface area contributed by atoms with E-state index in [2.05, 4.69) is 41.4 Å². The summed E-state index contributed by atoms with van der Waals surface area (Å²) in [4.78, 5) is 49.7. The predicted molar refractivity (Wildman–Crippen MR) is 167 cm³/mol. The molecule has 0 aliphatic carbocycles. The molecule has 10 heteroatoms. The molecule has 0 atom stereocenters. The number of anilines is 3. The lowest BCUT2D eigenvalue weighted by atomic mass is 9.91. The number of ether oxygens (including phenoxy) is 1. The maximum absolute atomic E-state index is 13.0. The minimum Gasteiger partial charge on any atom is -0.378 e. The second kappa shape index (κ2) is 12.2. The number of benzene rings is 2. The summed E-state index contributed by atoms with van der Waals surface area (Å²) in [5, 5.41) is 6.09. The second-order valence-corrected chi connectivity index (χ2v) is 11.6. The summed E-state index contributed by atoms with van der Waals surface area (Å²) in [5.74, 6) is -0.169. The number of morpholine rings is 1. The number of carbonyl (C=O) groups excluding carboxylic acids is 2. The van der Waals surface area contributed by atoms with Crippen LogP contribution in [0.25, 0.3) is 11.3 Å². The Balaban J connectivity index is 1.35. The Morgan fingerprint density at radius 3 is 2.30 bits per heavy atom. The molecule has 4 aromatic rings. The van der Waals surface area contributed by atoms with E-state index in [1.807, 2.05) is 31.2 Å². The molecule has 2 N–H and O–H groups in total. The first-order chi connectivity index (χ1) is 20.5. The number of aromatic nitrogens is 3. The van der Waals surface area contributed by atoms with E-state index in [9.17, 15) is 14.4 Å². The molecule has 222 valence electrons. The molecule has 2 aromatic carbocycles. The molecule has 0 unspecified atom stereocenters. The van der Waals surface area contributed by atoms with Gasteiger partial charge in [-0.3, -0.25) is 19.4 Å². The van der Waals surface area contributed by atoms with Gasteiger partial charge in [0.2, 0.25) is 0 Å². The van der Waals surface area contributed by atoms with Crippen molar-refractivity contribution in [1.29, 1.82) is 0 Å². The standard InChI is InChI=1S/C33H36N6O4/c1-21-25(7-6-8-26(21)37-30(40)23-11-14-28(34-19-23)33(2,3)4)27-20-38(5)32(42)29(36-27)35-24-12-9-22(10-13-24)31(41)39-15-17-43-18-16-39/h6-14,19-20H,15-18H2,1-5H3,(H,35,36)(H,37,40). The number of amides is 2. The van der Waals surface area contributed by atoms with Gasteiger partial charge >= 0.3 is 0 Å². The number of carbonyl (C=O) groups is 2. The molecule has 0 bridgehead atoms. The van der Waals surface area contributed by atoms with Crippen molar-refractivity contribution in [2.24, 2.45) is 7.05 Å². The lowest BCUT2D eigenvalue weighted by Crippen LogP contribution is -2.40. The van der Waals surface area contributed by atoms with E-state index >= 15 is 0 Å². The summed E-state index contributed by atoms with van der Waals surface area (Å²) in [6, 6.07) is 16.2. The van der Waals surface area contributed by atoms with Crippen LogP contribution in [0.5, 0.6) is 0 Å². The number of nitrogens with zero attached hydrogens (tertiary/aromatic N) is 4. The molecule has 0 radical (unpaired) electrons. The molecule has 10 nitrogen and oxygen atoms in total. The fraction of sp³-hybridized carbons (Fsp3) is 0.303. The molecule has 3 heterocycles. The van der Waals surface area contributed by atoms with Gasteiger partial charge in [0, 0.05) is 66.1 Å². The van der Waals surface area contributed by atoms with Crippen LogP contribution >= 0.6 is 0 Å². The highest BCUT2D eigenvalue weighted by Gasteiger charge is 2.20. The summed E-state index contributed by atoms with van der Waals surface area (Å²) >= 11 is 0.